The van der Waals surface area contributed by atoms with Crippen molar-refractivity contribution in [3.63, 3.8) is 0 Å². The highest BCUT2D eigenvalue weighted by atomic mass is 16.3. The highest BCUT2D eigenvalue weighted by molar-refractivity contribution is 5.76. The van der Waals surface area contributed by atoms with Gasteiger partial charge >= 0.3 is 0 Å². The Balaban J connectivity index is 3.48. The molecular formula is C42H81NO3. The average Bonchev–Trinajstić information content (AvgIpc) is 3.06. The molecule has 0 aromatic rings. The van der Waals surface area contributed by atoms with Crippen LogP contribution < -0.4 is 5.32 Å². The molecule has 0 bridgehead atoms. The molecule has 0 aliphatic heterocycles. The first-order chi connectivity index (χ1) is 22.7. The van der Waals surface area contributed by atoms with Gasteiger partial charge in [-0.1, -0.05) is 192 Å². The molecule has 0 saturated heterocycles. The van der Waals surface area contributed by atoms with Gasteiger partial charge in [0.15, 0.2) is 0 Å². The molecule has 1 amide bonds. The molecule has 0 aliphatic carbocycles. The van der Waals surface area contributed by atoms with E-state index in [9.17, 15) is 15.0 Å². The number of carbonyl (C=O) groups excluding carboxylic acids is 1. The second kappa shape index (κ2) is 38.3. The van der Waals surface area contributed by atoms with Gasteiger partial charge in [0.05, 0.1) is 18.8 Å². The van der Waals surface area contributed by atoms with Crippen LogP contribution in [-0.2, 0) is 4.79 Å². The third-order valence-electron chi connectivity index (χ3n) is 9.43. The Kier molecular flexibility index (Phi) is 37.4. The third-order valence-corrected chi connectivity index (χ3v) is 9.43. The number of aliphatic hydroxyl groups excluding tert-OH is 2. The van der Waals surface area contributed by atoms with Crippen LogP contribution in [0.2, 0.25) is 0 Å². The molecule has 0 saturated carbocycles. The number of amides is 1. The summed E-state index contributed by atoms with van der Waals surface area (Å²) in [6, 6.07) is -0.618. The fourth-order valence-corrected chi connectivity index (χ4v) is 6.23. The standard InChI is InChI=1S/C42H81NO3/c1-3-5-7-9-11-13-14-15-16-17-18-19-20-21-22-23-24-25-26-27-28-30-32-34-36-38-42(46)43-40(39-44)41(45)37-35-33-31-29-12-10-8-6-4-2/h21-22,35,37,40-41,44-45H,3-20,23-34,36,38-39H2,1-2H3,(H,43,46)/b22-21-,37-35+. The zero-order chi connectivity index (χ0) is 33.6. The second-order valence-electron chi connectivity index (χ2n) is 14.1. The normalized spacial score (nSPS) is 13.2. The van der Waals surface area contributed by atoms with Gasteiger partial charge in [-0.2, -0.15) is 0 Å². The lowest BCUT2D eigenvalue weighted by atomic mass is 10.0. The number of hydrogen-bond acceptors (Lipinski definition) is 3. The second-order valence-corrected chi connectivity index (χ2v) is 14.1. The molecule has 0 aromatic carbocycles. The summed E-state index contributed by atoms with van der Waals surface area (Å²) >= 11 is 0. The predicted octanol–water partition coefficient (Wildman–Crippen LogP) is 12.5. The fraction of sp³-hybridized carbons (Fsp3) is 0.881. The molecule has 0 spiro atoms. The van der Waals surface area contributed by atoms with Crippen LogP contribution in [0.15, 0.2) is 24.3 Å². The lowest BCUT2D eigenvalue weighted by Gasteiger charge is -2.20. The summed E-state index contributed by atoms with van der Waals surface area (Å²) in [5, 5.41) is 22.8. The van der Waals surface area contributed by atoms with E-state index >= 15 is 0 Å². The van der Waals surface area contributed by atoms with Crippen LogP contribution in [0, 0.1) is 0 Å². The first-order valence-corrected chi connectivity index (χ1v) is 20.6. The Labute approximate surface area is 288 Å². The van der Waals surface area contributed by atoms with Crippen LogP contribution in [0.4, 0.5) is 0 Å². The van der Waals surface area contributed by atoms with Crippen molar-refractivity contribution >= 4 is 5.91 Å². The van der Waals surface area contributed by atoms with Crippen LogP contribution in [0.25, 0.3) is 0 Å². The summed E-state index contributed by atoms with van der Waals surface area (Å²) in [4.78, 5) is 12.3. The number of carbonyl (C=O) groups is 1. The number of hydrogen-bond donors (Lipinski definition) is 3. The SMILES string of the molecule is CCCCCCCCC/C=C/C(O)C(CO)NC(=O)CCCCCCCCCCC/C=C\CCCCCCCCCCCCCC. The molecule has 4 heteroatoms. The number of nitrogens with one attached hydrogen (secondary N) is 1. The first-order valence-electron chi connectivity index (χ1n) is 20.6. The third kappa shape index (κ3) is 34.2. The molecular weight excluding hydrogens is 566 g/mol. The Morgan fingerprint density at radius 3 is 1.20 bits per heavy atom. The van der Waals surface area contributed by atoms with Crippen molar-refractivity contribution in [2.24, 2.45) is 0 Å². The van der Waals surface area contributed by atoms with E-state index in [2.05, 4.69) is 31.3 Å². The van der Waals surface area contributed by atoms with Gasteiger partial charge in [-0.25, -0.2) is 0 Å². The minimum atomic E-state index is -0.835. The van der Waals surface area contributed by atoms with Gasteiger partial charge in [0.25, 0.3) is 0 Å². The largest absolute Gasteiger partial charge is 0.394 e. The summed E-state index contributed by atoms with van der Waals surface area (Å²) in [5.74, 6) is -0.0679. The maximum atomic E-state index is 12.3. The lowest BCUT2D eigenvalue weighted by molar-refractivity contribution is -0.123. The molecule has 0 radical (unpaired) electrons. The Hall–Kier alpha value is -1.13. The highest BCUT2D eigenvalue weighted by Gasteiger charge is 2.17. The van der Waals surface area contributed by atoms with Gasteiger partial charge in [0.2, 0.25) is 5.91 Å². The summed E-state index contributed by atoms with van der Waals surface area (Å²) in [6.45, 7) is 4.28. The van der Waals surface area contributed by atoms with E-state index in [1.165, 1.54) is 173 Å². The van der Waals surface area contributed by atoms with Crippen molar-refractivity contribution in [3.8, 4) is 0 Å². The van der Waals surface area contributed by atoms with Crippen molar-refractivity contribution in [2.45, 2.75) is 231 Å². The number of allylic oxidation sites excluding steroid dienone is 3. The highest BCUT2D eigenvalue weighted by Crippen LogP contribution is 2.14. The number of aliphatic hydroxyl groups is 2. The van der Waals surface area contributed by atoms with E-state index in [4.69, 9.17) is 0 Å². The van der Waals surface area contributed by atoms with E-state index < -0.39 is 12.1 Å². The van der Waals surface area contributed by atoms with Gasteiger partial charge in [-0.15, -0.1) is 0 Å². The molecule has 46 heavy (non-hydrogen) atoms. The molecule has 0 fully saturated rings. The molecule has 2 unspecified atom stereocenters. The molecule has 0 heterocycles. The zero-order valence-electron chi connectivity index (χ0n) is 31.1. The summed E-state index contributed by atoms with van der Waals surface area (Å²) in [5.41, 5.74) is 0. The molecule has 0 aromatic heterocycles. The zero-order valence-corrected chi connectivity index (χ0v) is 31.1. The monoisotopic (exact) mass is 648 g/mol. The van der Waals surface area contributed by atoms with Gasteiger partial charge in [-0.3, -0.25) is 4.79 Å². The van der Waals surface area contributed by atoms with Crippen LogP contribution >= 0.6 is 0 Å². The van der Waals surface area contributed by atoms with Crippen molar-refractivity contribution in [1.29, 1.82) is 0 Å². The van der Waals surface area contributed by atoms with Crippen molar-refractivity contribution in [3.05, 3.63) is 24.3 Å². The summed E-state index contributed by atoms with van der Waals surface area (Å²) < 4.78 is 0. The van der Waals surface area contributed by atoms with Gasteiger partial charge < -0.3 is 15.5 Å². The van der Waals surface area contributed by atoms with E-state index in [0.717, 1.165) is 25.7 Å². The smallest absolute Gasteiger partial charge is 0.220 e. The maximum Gasteiger partial charge on any atom is 0.220 e. The molecule has 0 aliphatic rings. The lowest BCUT2D eigenvalue weighted by Crippen LogP contribution is -2.45. The van der Waals surface area contributed by atoms with Gasteiger partial charge in [0.1, 0.15) is 0 Å². The molecule has 4 nitrogen and oxygen atoms in total. The van der Waals surface area contributed by atoms with Crippen LogP contribution in [0.1, 0.15) is 219 Å². The Morgan fingerprint density at radius 1 is 0.500 bits per heavy atom. The van der Waals surface area contributed by atoms with Gasteiger partial charge in [0, 0.05) is 6.42 Å². The van der Waals surface area contributed by atoms with Crippen molar-refractivity contribution in [2.75, 3.05) is 6.61 Å². The fourth-order valence-electron chi connectivity index (χ4n) is 6.23. The Bertz CT molecular complexity index is 661. The van der Waals surface area contributed by atoms with E-state index in [1.807, 2.05) is 6.08 Å². The molecule has 2 atom stereocenters. The topological polar surface area (TPSA) is 69.6 Å². The first kappa shape index (κ1) is 44.9. The molecule has 3 N–H and O–H groups in total. The average molecular weight is 648 g/mol. The van der Waals surface area contributed by atoms with Crippen LogP contribution in [0.3, 0.4) is 0 Å². The van der Waals surface area contributed by atoms with Gasteiger partial charge in [-0.05, 0) is 44.9 Å². The molecule has 0 rings (SSSR count). The molecule has 272 valence electrons. The minimum Gasteiger partial charge on any atom is -0.394 e. The van der Waals surface area contributed by atoms with E-state index in [0.29, 0.717) is 6.42 Å². The number of rotatable bonds is 37. The van der Waals surface area contributed by atoms with Crippen molar-refractivity contribution in [1.82, 2.24) is 5.32 Å². The van der Waals surface area contributed by atoms with E-state index in [-0.39, 0.29) is 12.5 Å². The quantitative estimate of drug-likeness (QED) is 0.0464. The van der Waals surface area contributed by atoms with Crippen LogP contribution in [0.5, 0.6) is 0 Å². The summed E-state index contributed by atoms with van der Waals surface area (Å²) in [6.07, 6.45) is 48.6. The Morgan fingerprint density at radius 2 is 0.826 bits per heavy atom. The van der Waals surface area contributed by atoms with E-state index in [1.54, 1.807) is 6.08 Å². The number of unbranched alkanes of at least 4 members (excludes halogenated alkanes) is 28. The minimum absolute atomic E-state index is 0.0679. The predicted molar refractivity (Wildman–Crippen MR) is 202 cm³/mol. The summed E-state index contributed by atoms with van der Waals surface area (Å²) in [7, 11) is 0. The maximum absolute atomic E-state index is 12.3. The van der Waals surface area contributed by atoms with Crippen LogP contribution in [-0.4, -0.2) is 34.9 Å². The van der Waals surface area contributed by atoms with Crippen molar-refractivity contribution < 1.29 is 15.0 Å².